The normalized spacial score (nSPS) is 30.2. The van der Waals surface area contributed by atoms with Gasteiger partial charge in [0.25, 0.3) is 0 Å². The van der Waals surface area contributed by atoms with Crippen LogP contribution in [0.25, 0.3) is 0 Å². The summed E-state index contributed by atoms with van der Waals surface area (Å²) in [7, 11) is 0. The van der Waals surface area contributed by atoms with Gasteiger partial charge in [-0.05, 0) is 36.8 Å². The SMILES string of the molecule is CCCCN1C(=O)C2C(CCSC)NC3(C(=O)Nc4c(CC)cccc43)C2C1=O. The number of imide groups is 1. The Bertz CT molecular complexity index is 858. The van der Waals surface area contributed by atoms with Crippen molar-refractivity contribution < 1.29 is 14.4 Å². The molecule has 0 bridgehead atoms. The van der Waals surface area contributed by atoms with E-state index in [0.717, 1.165) is 48.3 Å². The topological polar surface area (TPSA) is 78.5 Å². The van der Waals surface area contributed by atoms with Crippen molar-refractivity contribution in [3.8, 4) is 0 Å². The first-order valence-electron chi connectivity index (χ1n) is 10.6. The second kappa shape index (κ2) is 7.76. The molecule has 2 fully saturated rings. The molecule has 7 heteroatoms. The molecule has 3 amide bonds. The number of nitrogens with zero attached hydrogens (tertiary/aromatic N) is 1. The van der Waals surface area contributed by atoms with Crippen LogP contribution >= 0.6 is 11.8 Å². The van der Waals surface area contributed by atoms with Crippen molar-refractivity contribution >= 4 is 35.2 Å². The fraction of sp³-hybridized carbons (Fsp3) is 0.591. The van der Waals surface area contributed by atoms with Crippen LogP contribution in [0.3, 0.4) is 0 Å². The lowest BCUT2D eigenvalue weighted by atomic mass is 9.76. The fourth-order valence-electron chi connectivity index (χ4n) is 5.27. The molecular weight excluding hydrogens is 386 g/mol. The van der Waals surface area contributed by atoms with E-state index in [1.54, 1.807) is 11.8 Å². The van der Waals surface area contributed by atoms with Crippen molar-refractivity contribution in [2.45, 2.75) is 51.1 Å². The fourth-order valence-corrected chi connectivity index (χ4v) is 5.76. The van der Waals surface area contributed by atoms with Crippen molar-refractivity contribution in [2.24, 2.45) is 11.8 Å². The molecule has 0 aliphatic carbocycles. The van der Waals surface area contributed by atoms with Gasteiger partial charge in [-0.1, -0.05) is 38.5 Å². The number of likely N-dealkylation sites (tertiary alicyclic amines) is 1. The molecule has 2 N–H and O–H groups in total. The molecule has 6 nitrogen and oxygen atoms in total. The molecule has 2 saturated heterocycles. The number of fused-ring (bicyclic) bond motifs is 4. The second-order valence-corrected chi connectivity index (χ2v) is 9.16. The Kier molecular flexibility index (Phi) is 5.46. The minimum Gasteiger partial charge on any atom is -0.324 e. The molecule has 1 aromatic carbocycles. The molecule has 3 aliphatic rings. The standard InChI is InChI=1S/C22H29N3O3S/c1-4-6-11-25-19(26)16-15(10-12-29-3)24-22(17(16)20(25)27)14-9-7-8-13(5-2)18(14)23-21(22)28/h7-9,15-17,24H,4-6,10-12H2,1-3H3,(H,23,28). The predicted octanol–water partition coefficient (Wildman–Crippen LogP) is 2.52. The molecule has 1 aromatic rings. The maximum Gasteiger partial charge on any atom is 0.250 e. The third kappa shape index (κ3) is 2.85. The monoisotopic (exact) mass is 415 g/mol. The van der Waals surface area contributed by atoms with Crippen LogP contribution in [0.1, 0.15) is 44.2 Å². The molecule has 156 valence electrons. The summed E-state index contributed by atoms with van der Waals surface area (Å²) in [6, 6.07) is 5.70. The van der Waals surface area contributed by atoms with Gasteiger partial charge in [-0.25, -0.2) is 0 Å². The number of aryl methyl sites for hydroxylation is 1. The number of amides is 3. The maximum atomic E-state index is 13.5. The van der Waals surface area contributed by atoms with E-state index in [4.69, 9.17) is 0 Å². The predicted molar refractivity (Wildman–Crippen MR) is 115 cm³/mol. The molecule has 3 heterocycles. The Hall–Kier alpha value is -1.86. The van der Waals surface area contributed by atoms with E-state index < -0.39 is 17.4 Å². The number of benzene rings is 1. The van der Waals surface area contributed by atoms with E-state index in [1.165, 1.54) is 4.90 Å². The average molecular weight is 416 g/mol. The first-order valence-corrected chi connectivity index (χ1v) is 12.0. The average Bonchev–Trinajstić information content (AvgIpc) is 3.30. The first kappa shape index (κ1) is 20.4. The van der Waals surface area contributed by atoms with Crippen molar-refractivity contribution in [1.29, 1.82) is 0 Å². The number of thioether (sulfide) groups is 1. The summed E-state index contributed by atoms with van der Waals surface area (Å²) in [5.74, 6) is -0.792. The summed E-state index contributed by atoms with van der Waals surface area (Å²) in [5, 5.41) is 6.55. The molecule has 4 atom stereocenters. The van der Waals surface area contributed by atoms with E-state index in [9.17, 15) is 14.4 Å². The molecule has 29 heavy (non-hydrogen) atoms. The Morgan fingerprint density at radius 1 is 1.17 bits per heavy atom. The highest BCUT2D eigenvalue weighted by Crippen LogP contribution is 2.54. The summed E-state index contributed by atoms with van der Waals surface area (Å²) >= 11 is 1.71. The molecular formula is C22H29N3O3S. The van der Waals surface area contributed by atoms with Gasteiger partial charge in [-0.3, -0.25) is 24.6 Å². The maximum absolute atomic E-state index is 13.5. The molecule has 4 rings (SSSR count). The van der Waals surface area contributed by atoms with Gasteiger partial charge in [0.15, 0.2) is 0 Å². The summed E-state index contributed by atoms with van der Waals surface area (Å²) in [6.45, 7) is 4.54. The molecule has 4 unspecified atom stereocenters. The zero-order valence-electron chi connectivity index (χ0n) is 17.3. The lowest BCUT2D eigenvalue weighted by molar-refractivity contribution is -0.142. The number of rotatable bonds is 7. The Morgan fingerprint density at radius 3 is 2.66 bits per heavy atom. The highest BCUT2D eigenvalue weighted by atomic mass is 32.2. The molecule has 3 aliphatic heterocycles. The van der Waals surface area contributed by atoms with Gasteiger partial charge in [0.2, 0.25) is 17.7 Å². The lowest BCUT2D eigenvalue weighted by Gasteiger charge is -2.29. The van der Waals surface area contributed by atoms with Crippen molar-refractivity contribution in [2.75, 3.05) is 23.9 Å². The van der Waals surface area contributed by atoms with Crippen LogP contribution < -0.4 is 10.6 Å². The van der Waals surface area contributed by atoms with E-state index in [-0.39, 0.29) is 23.8 Å². The van der Waals surface area contributed by atoms with Gasteiger partial charge in [0.05, 0.1) is 11.8 Å². The smallest absolute Gasteiger partial charge is 0.250 e. The highest BCUT2D eigenvalue weighted by Gasteiger charge is 2.70. The number of anilines is 1. The van der Waals surface area contributed by atoms with E-state index in [1.807, 2.05) is 31.4 Å². The quantitative estimate of drug-likeness (QED) is 0.669. The molecule has 1 spiro atoms. The second-order valence-electron chi connectivity index (χ2n) is 8.17. The third-order valence-corrected chi connectivity index (χ3v) is 7.32. The van der Waals surface area contributed by atoms with Crippen LogP contribution in [0.15, 0.2) is 18.2 Å². The summed E-state index contributed by atoms with van der Waals surface area (Å²) in [6.07, 6.45) is 5.27. The van der Waals surface area contributed by atoms with Gasteiger partial charge in [0.1, 0.15) is 5.54 Å². The number of nitrogens with one attached hydrogen (secondary N) is 2. The van der Waals surface area contributed by atoms with Crippen molar-refractivity contribution in [1.82, 2.24) is 10.2 Å². The largest absolute Gasteiger partial charge is 0.324 e. The van der Waals surface area contributed by atoms with Crippen LogP contribution in [-0.2, 0) is 26.3 Å². The van der Waals surface area contributed by atoms with Crippen molar-refractivity contribution in [3.05, 3.63) is 29.3 Å². The molecule has 0 radical (unpaired) electrons. The van der Waals surface area contributed by atoms with E-state index in [0.29, 0.717) is 6.54 Å². The first-order chi connectivity index (χ1) is 14.0. The van der Waals surface area contributed by atoms with Crippen LogP contribution in [0.5, 0.6) is 0 Å². The minimum atomic E-state index is -1.15. The van der Waals surface area contributed by atoms with Crippen LogP contribution in [-0.4, -0.2) is 47.2 Å². The number of para-hydroxylation sites is 1. The van der Waals surface area contributed by atoms with E-state index >= 15 is 0 Å². The van der Waals surface area contributed by atoms with Crippen LogP contribution in [0.4, 0.5) is 5.69 Å². The number of carbonyl (C=O) groups excluding carboxylic acids is 3. The van der Waals surface area contributed by atoms with Gasteiger partial charge in [-0.15, -0.1) is 0 Å². The van der Waals surface area contributed by atoms with Crippen LogP contribution in [0, 0.1) is 11.8 Å². The van der Waals surface area contributed by atoms with Gasteiger partial charge in [-0.2, -0.15) is 11.8 Å². The number of hydrogen-bond acceptors (Lipinski definition) is 5. The third-order valence-electron chi connectivity index (χ3n) is 6.68. The number of unbranched alkanes of at least 4 members (excludes halogenated alkanes) is 1. The zero-order chi connectivity index (χ0) is 20.8. The number of hydrogen-bond donors (Lipinski definition) is 2. The van der Waals surface area contributed by atoms with E-state index in [2.05, 4.69) is 17.6 Å². The summed E-state index contributed by atoms with van der Waals surface area (Å²) in [5.41, 5.74) is 1.53. The van der Waals surface area contributed by atoms with Crippen molar-refractivity contribution in [3.63, 3.8) is 0 Å². The minimum absolute atomic E-state index is 0.114. The summed E-state index contributed by atoms with van der Waals surface area (Å²) < 4.78 is 0. The molecule has 0 aromatic heterocycles. The lowest BCUT2D eigenvalue weighted by Crippen LogP contribution is -2.53. The Morgan fingerprint density at radius 2 is 1.97 bits per heavy atom. The zero-order valence-corrected chi connectivity index (χ0v) is 18.1. The van der Waals surface area contributed by atoms with Gasteiger partial charge < -0.3 is 5.32 Å². The van der Waals surface area contributed by atoms with Crippen LogP contribution in [0.2, 0.25) is 0 Å². The molecule has 0 saturated carbocycles. The van der Waals surface area contributed by atoms with Gasteiger partial charge >= 0.3 is 0 Å². The Balaban J connectivity index is 1.82. The Labute approximate surface area is 176 Å². The van der Waals surface area contributed by atoms with Gasteiger partial charge in [0, 0.05) is 23.8 Å². The number of carbonyl (C=O) groups is 3. The summed E-state index contributed by atoms with van der Waals surface area (Å²) in [4.78, 5) is 41.6. The highest BCUT2D eigenvalue weighted by molar-refractivity contribution is 7.98.